The van der Waals surface area contributed by atoms with Crippen LogP contribution >= 0.6 is 23.5 Å². The number of benzene rings is 2. The summed E-state index contributed by atoms with van der Waals surface area (Å²) >= 11 is 3.47. The molecule has 1 aliphatic heterocycles. The van der Waals surface area contributed by atoms with Gasteiger partial charge < -0.3 is 10.0 Å². The second kappa shape index (κ2) is 9.14. The van der Waals surface area contributed by atoms with Gasteiger partial charge >= 0.3 is 5.97 Å². The molecule has 1 N–H and O–H groups in total. The van der Waals surface area contributed by atoms with E-state index in [2.05, 4.69) is 12.1 Å². The number of rotatable bonds is 6. The summed E-state index contributed by atoms with van der Waals surface area (Å²) in [5.41, 5.74) is 1.78. The highest BCUT2D eigenvalue weighted by Gasteiger charge is 2.29. The predicted molar refractivity (Wildman–Crippen MR) is 107 cm³/mol. The van der Waals surface area contributed by atoms with Crippen molar-refractivity contribution in [1.82, 2.24) is 4.90 Å². The average molecular weight is 388 g/mol. The Hall–Kier alpha value is -1.92. The van der Waals surface area contributed by atoms with E-state index < -0.39 is 5.97 Å². The quantitative estimate of drug-likeness (QED) is 0.759. The molecule has 2 aromatic carbocycles. The van der Waals surface area contributed by atoms with Crippen LogP contribution in [0.5, 0.6) is 0 Å². The van der Waals surface area contributed by atoms with Gasteiger partial charge in [0.25, 0.3) is 5.91 Å². The fourth-order valence-corrected chi connectivity index (χ4v) is 4.82. The number of carbonyl (C=O) groups is 2. The van der Waals surface area contributed by atoms with Gasteiger partial charge in [-0.3, -0.25) is 9.59 Å². The zero-order valence-corrected chi connectivity index (χ0v) is 16.0. The van der Waals surface area contributed by atoms with Gasteiger partial charge in [-0.2, -0.15) is 11.8 Å². The van der Waals surface area contributed by atoms with Crippen LogP contribution in [-0.4, -0.2) is 46.0 Å². The van der Waals surface area contributed by atoms with Crippen molar-refractivity contribution in [2.45, 2.75) is 23.1 Å². The number of hydrogen-bond donors (Lipinski definition) is 1. The van der Waals surface area contributed by atoms with Crippen LogP contribution in [0.3, 0.4) is 0 Å². The molecular formula is C20H21NO3S2. The first kappa shape index (κ1) is 18.9. The Labute approximate surface area is 162 Å². The molecule has 2 aromatic rings. The van der Waals surface area contributed by atoms with Crippen molar-refractivity contribution in [3.63, 3.8) is 0 Å². The Morgan fingerprint density at radius 2 is 1.85 bits per heavy atom. The molecule has 0 bridgehead atoms. The van der Waals surface area contributed by atoms with Crippen LogP contribution in [0.25, 0.3) is 0 Å². The minimum Gasteiger partial charge on any atom is -0.481 e. The van der Waals surface area contributed by atoms with E-state index in [1.54, 1.807) is 28.4 Å². The van der Waals surface area contributed by atoms with E-state index >= 15 is 0 Å². The Morgan fingerprint density at radius 1 is 1.12 bits per heavy atom. The predicted octanol–water partition coefficient (Wildman–Crippen LogP) is 4.01. The molecule has 1 aliphatic rings. The number of amides is 1. The smallest absolute Gasteiger partial charge is 0.305 e. The first-order valence-electron chi connectivity index (χ1n) is 8.51. The number of nitrogens with zero attached hydrogens (tertiary/aromatic N) is 1. The topological polar surface area (TPSA) is 57.6 Å². The van der Waals surface area contributed by atoms with Gasteiger partial charge in [0.05, 0.1) is 12.5 Å². The molecule has 136 valence electrons. The number of carboxylic acids is 1. The van der Waals surface area contributed by atoms with Gasteiger partial charge in [0.15, 0.2) is 0 Å². The summed E-state index contributed by atoms with van der Waals surface area (Å²) in [5.74, 6) is 1.46. The Kier molecular flexibility index (Phi) is 6.63. The van der Waals surface area contributed by atoms with Crippen LogP contribution in [0, 0.1) is 0 Å². The maximum absolute atomic E-state index is 12.8. The first-order chi connectivity index (χ1) is 12.6. The standard InChI is InChI=1S/C20H21NO3S2/c22-19(23)12-17-14-25-11-10-21(17)20(24)16-8-6-15(7-9-16)13-26-18-4-2-1-3-5-18/h1-9,17H,10-14H2,(H,22,23). The average Bonchev–Trinajstić information content (AvgIpc) is 2.67. The van der Waals surface area contributed by atoms with Gasteiger partial charge in [-0.1, -0.05) is 30.3 Å². The Bertz CT molecular complexity index is 749. The van der Waals surface area contributed by atoms with Crippen molar-refractivity contribution < 1.29 is 14.7 Å². The summed E-state index contributed by atoms with van der Waals surface area (Å²) in [5, 5.41) is 9.08. The summed E-state index contributed by atoms with van der Waals surface area (Å²) in [6.45, 7) is 0.604. The number of carbonyl (C=O) groups excluding carboxylic acids is 1. The summed E-state index contributed by atoms with van der Waals surface area (Å²) < 4.78 is 0. The molecule has 1 atom stereocenters. The molecule has 4 nitrogen and oxygen atoms in total. The monoisotopic (exact) mass is 387 g/mol. The van der Waals surface area contributed by atoms with Crippen molar-refractivity contribution in [3.05, 3.63) is 65.7 Å². The van der Waals surface area contributed by atoms with Gasteiger partial charge in [0, 0.05) is 34.3 Å². The van der Waals surface area contributed by atoms with E-state index in [0.717, 1.165) is 17.1 Å². The minimum atomic E-state index is -0.858. The van der Waals surface area contributed by atoms with Crippen LogP contribution in [0.2, 0.25) is 0 Å². The van der Waals surface area contributed by atoms with E-state index in [4.69, 9.17) is 5.11 Å². The normalized spacial score (nSPS) is 17.1. The Morgan fingerprint density at radius 3 is 2.54 bits per heavy atom. The molecule has 3 rings (SSSR count). The third kappa shape index (κ3) is 5.05. The second-order valence-electron chi connectivity index (χ2n) is 6.12. The Balaban J connectivity index is 1.63. The number of hydrogen-bond acceptors (Lipinski definition) is 4. The summed E-state index contributed by atoms with van der Waals surface area (Å²) in [4.78, 5) is 26.8. The van der Waals surface area contributed by atoms with Crippen LogP contribution in [0.1, 0.15) is 22.3 Å². The van der Waals surface area contributed by atoms with Crippen LogP contribution in [0.4, 0.5) is 0 Å². The van der Waals surface area contributed by atoms with Crippen molar-refractivity contribution >= 4 is 35.4 Å². The maximum Gasteiger partial charge on any atom is 0.305 e. The molecule has 1 unspecified atom stereocenters. The third-order valence-electron chi connectivity index (χ3n) is 4.25. The summed E-state index contributed by atoms with van der Waals surface area (Å²) in [6, 6.07) is 17.6. The van der Waals surface area contributed by atoms with Gasteiger partial charge in [-0.15, -0.1) is 11.8 Å². The lowest BCUT2D eigenvalue weighted by Crippen LogP contribution is -2.47. The molecule has 0 aliphatic carbocycles. The van der Waals surface area contributed by atoms with Crippen molar-refractivity contribution in [2.75, 3.05) is 18.1 Å². The zero-order valence-electron chi connectivity index (χ0n) is 14.3. The molecule has 26 heavy (non-hydrogen) atoms. The number of aliphatic carboxylic acids is 1. The largest absolute Gasteiger partial charge is 0.481 e. The van der Waals surface area contributed by atoms with E-state index in [-0.39, 0.29) is 18.4 Å². The van der Waals surface area contributed by atoms with Crippen molar-refractivity contribution in [3.8, 4) is 0 Å². The zero-order chi connectivity index (χ0) is 18.4. The molecular weight excluding hydrogens is 366 g/mol. The molecule has 6 heteroatoms. The van der Waals surface area contributed by atoms with Crippen LogP contribution in [0.15, 0.2) is 59.5 Å². The van der Waals surface area contributed by atoms with E-state index in [1.165, 1.54) is 4.90 Å². The molecule has 1 saturated heterocycles. The second-order valence-corrected chi connectivity index (χ2v) is 8.32. The van der Waals surface area contributed by atoms with Gasteiger partial charge in [-0.05, 0) is 29.8 Å². The molecule has 1 amide bonds. The third-order valence-corrected chi connectivity index (χ3v) is 6.42. The SMILES string of the molecule is O=C(O)CC1CSCCN1C(=O)c1ccc(CSc2ccccc2)cc1. The minimum absolute atomic E-state index is 0.00450. The van der Waals surface area contributed by atoms with E-state index in [0.29, 0.717) is 17.9 Å². The summed E-state index contributed by atoms with van der Waals surface area (Å²) in [6.07, 6.45) is 0.00450. The number of thioether (sulfide) groups is 2. The molecule has 0 spiro atoms. The fraction of sp³-hybridized carbons (Fsp3) is 0.300. The molecule has 1 heterocycles. The van der Waals surface area contributed by atoms with Gasteiger partial charge in [0.2, 0.25) is 0 Å². The summed E-state index contributed by atoms with van der Waals surface area (Å²) in [7, 11) is 0. The van der Waals surface area contributed by atoms with E-state index in [9.17, 15) is 9.59 Å². The van der Waals surface area contributed by atoms with Crippen LogP contribution in [-0.2, 0) is 10.5 Å². The number of carboxylic acid groups (broad SMARTS) is 1. The molecule has 0 radical (unpaired) electrons. The van der Waals surface area contributed by atoms with E-state index in [1.807, 2.05) is 42.5 Å². The molecule has 0 saturated carbocycles. The lowest BCUT2D eigenvalue weighted by molar-refractivity contribution is -0.138. The van der Waals surface area contributed by atoms with Crippen LogP contribution < -0.4 is 0 Å². The lowest BCUT2D eigenvalue weighted by atomic mass is 10.1. The van der Waals surface area contributed by atoms with Gasteiger partial charge in [-0.25, -0.2) is 0 Å². The maximum atomic E-state index is 12.8. The lowest BCUT2D eigenvalue weighted by Gasteiger charge is -2.34. The first-order valence-corrected chi connectivity index (χ1v) is 10.6. The highest BCUT2D eigenvalue weighted by molar-refractivity contribution is 7.99. The van der Waals surface area contributed by atoms with Gasteiger partial charge in [0.1, 0.15) is 0 Å². The highest BCUT2D eigenvalue weighted by Crippen LogP contribution is 2.24. The van der Waals surface area contributed by atoms with Crippen molar-refractivity contribution in [2.24, 2.45) is 0 Å². The van der Waals surface area contributed by atoms with Crippen molar-refractivity contribution in [1.29, 1.82) is 0 Å². The molecule has 1 fully saturated rings. The molecule has 0 aromatic heterocycles. The highest BCUT2D eigenvalue weighted by atomic mass is 32.2. The fourth-order valence-electron chi connectivity index (χ4n) is 2.89.